The molecule has 1 aliphatic rings. The molecule has 0 fully saturated rings. The normalized spacial score (nSPS) is 18.3. The summed E-state index contributed by atoms with van der Waals surface area (Å²) >= 11 is 1.58. The van der Waals surface area contributed by atoms with Gasteiger partial charge in [-0.1, -0.05) is 13.3 Å². The number of nitriles is 1. The van der Waals surface area contributed by atoms with E-state index in [1.165, 1.54) is 23.8 Å². The lowest BCUT2D eigenvalue weighted by Crippen LogP contribution is -2.11. The largest absolute Gasteiger partial charge is 0.317 e. The summed E-state index contributed by atoms with van der Waals surface area (Å²) in [6.07, 6.45) is 4.39. The van der Waals surface area contributed by atoms with Gasteiger partial charge in [-0.2, -0.15) is 5.26 Å². The molecule has 3 nitrogen and oxygen atoms in total. The predicted octanol–water partition coefficient (Wildman–Crippen LogP) is 3.09. The van der Waals surface area contributed by atoms with E-state index in [0.29, 0.717) is 5.56 Å². The first-order valence-corrected chi connectivity index (χ1v) is 6.79. The van der Waals surface area contributed by atoms with Gasteiger partial charge in [0.2, 0.25) is 5.91 Å². The zero-order valence-electron chi connectivity index (χ0n) is 10.2. The maximum absolute atomic E-state index is 11.1. The number of amides is 1. The Labute approximate surface area is 105 Å². The summed E-state index contributed by atoms with van der Waals surface area (Å²) in [5.74, 6) is 0.630. The molecular formula is C13H16N2OS. The quantitative estimate of drug-likeness (QED) is 0.874. The number of rotatable bonds is 2. The number of nitrogens with one attached hydrogen (secondary N) is 1. The first kappa shape index (κ1) is 12.1. The maximum Gasteiger partial charge on any atom is 0.221 e. The molecule has 0 aromatic carbocycles. The Morgan fingerprint density at radius 1 is 1.65 bits per heavy atom. The van der Waals surface area contributed by atoms with Gasteiger partial charge in [-0.3, -0.25) is 4.79 Å². The van der Waals surface area contributed by atoms with Gasteiger partial charge in [0, 0.05) is 11.8 Å². The molecule has 17 heavy (non-hydrogen) atoms. The Hall–Kier alpha value is -1.34. The molecule has 0 unspecified atom stereocenters. The number of fused-ring (bicyclic) bond motifs is 1. The summed E-state index contributed by atoms with van der Waals surface area (Å²) in [6, 6.07) is 2.24. The number of carbonyl (C=O) groups excluding carboxylic acids is 1. The minimum Gasteiger partial charge on any atom is -0.317 e. The summed E-state index contributed by atoms with van der Waals surface area (Å²) in [5.41, 5.74) is 1.86. The molecule has 1 aliphatic carbocycles. The number of hydrogen-bond acceptors (Lipinski definition) is 3. The second-order valence-electron chi connectivity index (χ2n) is 4.52. The van der Waals surface area contributed by atoms with Crippen molar-refractivity contribution in [3.05, 3.63) is 16.0 Å². The van der Waals surface area contributed by atoms with Crippen LogP contribution < -0.4 is 5.32 Å². The summed E-state index contributed by atoms with van der Waals surface area (Å²) in [4.78, 5) is 12.4. The Balaban J connectivity index is 2.35. The van der Waals surface area contributed by atoms with Crippen molar-refractivity contribution in [2.75, 3.05) is 5.32 Å². The van der Waals surface area contributed by atoms with Crippen molar-refractivity contribution in [1.82, 2.24) is 0 Å². The first-order valence-electron chi connectivity index (χ1n) is 5.97. The summed E-state index contributed by atoms with van der Waals surface area (Å²) in [7, 11) is 0. The van der Waals surface area contributed by atoms with Crippen LogP contribution in [0.15, 0.2) is 0 Å². The second-order valence-corrected chi connectivity index (χ2v) is 5.62. The highest BCUT2D eigenvalue weighted by atomic mass is 32.1. The lowest BCUT2D eigenvalue weighted by atomic mass is 9.86. The van der Waals surface area contributed by atoms with E-state index in [1.54, 1.807) is 11.3 Å². The first-order chi connectivity index (χ1) is 8.15. The minimum atomic E-state index is -0.105. The molecule has 1 N–H and O–H groups in total. The zero-order valence-corrected chi connectivity index (χ0v) is 11.0. The van der Waals surface area contributed by atoms with Crippen LogP contribution in [-0.4, -0.2) is 5.91 Å². The van der Waals surface area contributed by atoms with Crippen molar-refractivity contribution in [3.8, 4) is 6.07 Å². The van der Waals surface area contributed by atoms with Crippen LogP contribution in [0.5, 0.6) is 0 Å². The average Bonchev–Trinajstić information content (AvgIpc) is 2.63. The Morgan fingerprint density at radius 3 is 3.00 bits per heavy atom. The molecule has 0 saturated heterocycles. The van der Waals surface area contributed by atoms with E-state index >= 15 is 0 Å². The molecule has 1 amide bonds. The third-order valence-electron chi connectivity index (χ3n) is 3.35. The van der Waals surface area contributed by atoms with Crippen LogP contribution in [0.25, 0.3) is 0 Å². The van der Waals surface area contributed by atoms with E-state index in [-0.39, 0.29) is 5.91 Å². The van der Waals surface area contributed by atoms with Gasteiger partial charge in [-0.15, -0.1) is 11.3 Å². The van der Waals surface area contributed by atoms with Gasteiger partial charge in [0.05, 0.1) is 5.56 Å². The van der Waals surface area contributed by atoms with Crippen molar-refractivity contribution in [1.29, 1.82) is 5.26 Å². The Bertz CT molecular complexity index is 484. The van der Waals surface area contributed by atoms with Crippen molar-refractivity contribution in [2.24, 2.45) is 5.92 Å². The van der Waals surface area contributed by atoms with E-state index < -0.39 is 0 Å². The molecule has 2 rings (SSSR count). The number of nitrogens with zero attached hydrogens (tertiary/aromatic N) is 1. The van der Waals surface area contributed by atoms with Crippen molar-refractivity contribution in [3.63, 3.8) is 0 Å². The summed E-state index contributed by atoms with van der Waals surface area (Å²) in [6.45, 7) is 3.69. The number of thiophene rings is 1. The standard InChI is InChI=1S/C13H16N2OS/c1-3-9-4-5-10-11(7-14)13(15-8(2)16)17-12(10)6-9/h9H,3-6H2,1-2H3,(H,15,16)/t9-/m1/s1. The van der Waals surface area contributed by atoms with Gasteiger partial charge < -0.3 is 5.32 Å². The molecule has 0 radical (unpaired) electrons. The van der Waals surface area contributed by atoms with E-state index in [9.17, 15) is 10.1 Å². The van der Waals surface area contributed by atoms with E-state index in [0.717, 1.165) is 30.2 Å². The van der Waals surface area contributed by atoms with Crippen LogP contribution in [0.4, 0.5) is 5.00 Å². The molecule has 1 heterocycles. The molecule has 1 aromatic heterocycles. The molecule has 0 aliphatic heterocycles. The van der Waals surface area contributed by atoms with Gasteiger partial charge >= 0.3 is 0 Å². The maximum atomic E-state index is 11.1. The topological polar surface area (TPSA) is 52.9 Å². The SMILES string of the molecule is CC[C@@H]1CCc2c(sc(NC(C)=O)c2C#N)C1. The van der Waals surface area contributed by atoms with Crippen LogP contribution in [-0.2, 0) is 17.6 Å². The van der Waals surface area contributed by atoms with E-state index in [1.807, 2.05) is 0 Å². The zero-order chi connectivity index (χ0) is 12.4. The monoisotopic (exact) mass is 248 g/mol. The van der Waals surface area contributed by atoms with Gasteiger partial charge in [-0.25, -0.2) is 0 Å². The van der Waals surface area contributed by atoms with Gasteiger partial charge in [-0.05, 0) is 30.7 Å². The fraction of sp³-hybridized carbons (Fsp3) is 0.538. The highest BCUT2D eigenvalue weighted by Gasteiger charge is 2.25. The molecular weight excluding hydrogens is 232 g/mol. The lowest BCUT2D eigenvalue weighted by molar-refractivity contribution is -0.114. The van der Waals surface area contributed by atoms with Crippen LogP contribution in [0, 0.1) is 17.2 Å². The van der Waals surface area contributed by atoms with Crippen molar-refractivity contribution in [2.45, 2.75) is 39.5 Å². The Morgan fingerprint density at radius 2 is 2.41 bits per heavy atom. The fourth-order valence-corrected chi connectivity index (χ4v) is 3.73. The van der Waals surface area contributed by atoms with Gasteiger partial charge in [0.1, 0.15) is 11.1 Å². The smallest absolute Gasteiger partial charge is 0.221 e. The van der Waals surface area contributed by atoms with E-state index in [2.05, 4.69) is 18.3 Å². The van der Waals surface area contributed by atoms with Crippen LogP contribution in [0.1, 0.15) is 42.7 Å². The molecule has 1 aromatic rings. The Kier molecular flexibility index (Phi) is 3.49. The van der Waals surface area contributed by atoms with E-state index in [4.69, 9.17) is 0 Å². The summed E-state index contributed by atoms with van der Waals surface area (Å²) < 4.78 is 0. The number of carbonyl (C=O) groups is 1. The molecule has 90 valence electrons. The number of anilines is 1. The van der Waals surface area contributed by atoms with Gasteiger partial charge in [0.15, 0.2) is 0 Å². The van der Waals surface area contributed by atoms with Crippen LogP contribution in [0.3, 0.4) is 0 Å². The van der Waals surface area contributed by atoms with Crippen LogP contribution >= 0.6 is 11.3 Å². The summed E-state index contributed by atoms with van der Waals surface area (Å²) in [5, 5.41) is 12.7. The molecule has 0 bridgehead atoms. The molecule has 4 heteroatoms. The van der Waals surface area contributed by atoms with Crippen LogP contribution in [0.2, 0.25) is 0 Å². The van der Waals surface area contributed by atoms with Crippen molar-refractivity contribution < 1.29 is 4.79 Å². The third kappa shape index (κ3) is 2.34. The van der Waals surface area contributed by atoms with Gasteiger partial charge in [0.25, 0.3) is 0 Å². The van der Waals surface area contributed by atoms with Crippen molar-refractivity contribution >= 4 is 22.2 Å². The highest BCUT2D eigenvalue weighted by molar-refractivity contribution is 7.16. The molecule has 0 spiro atoms. The highest BCUT2D eigenvalue weighted by Crippen LogP contribution is 2.39. The fourth-order valence-electron chi connectivity index (χ4n) is 2.37. The molecule has 1 atom stereocenters. The second kappa shape index (κ2) is 4.89. The lowest BCUT2D eigenvalue weighted by Gasteiger charge is -2.20. The molecule has 0 saturated carbocycles. The predicted molar refractivity (Wildman–Crippen MR) is 69.1 cm³/mol. The average molecular weight is 248 g/mol. The third-order valence-corrected chi connectivity index (χ3v) is 4.52. The minimum absolute atomic E-state index is 0.105. The number of hydrogen-bond donors (Lipinski definition) is 1.